The molecular weight excluding hydrogens is 529 g/mol. The molecule has 4 rings (SSSR count). The number of carbonyl (C=O) groups excluding carboxylic acids is 1. The molecule has 1 fully saturated rings. The second-order valence-electron chi connectivity index (χ2n) is 9.46. The van der Waals surface area contributed by atoms with E-state index in [0.29, 0.717) is 24.2 Å². The molecule has 0 atom stereocenters. The Morgan fingerprint density at radius 2 is 1.61 bits per heavy atom. The number of anilines is 2. The van der Waals surface area contributed by atoms with E-state index in [0.717, 1.165) is 11.1 Å². The van der Waals surface area contributed by atoms with Crippen LogP contribution < -0.4 is 10.0 Å². The summed E-state index contributed by atoms with van der Waals surface area (Å²) in [5, 5.41) is 2.78. The van der Waals surface area contributed by atoms with E-state index < -0.39 is 37.5 Å². The lowest BCUT2D eigenvalue weighted by Crippen LogP contribution is -2.42. The zero-order valence-corrected chi connectivity index (χ0v) is 22.8. The molecule has 0 unspecified atom stereocenters. The Morgan fingerprint density at radius 1 is 0.947 bits per heavy atom. The highest BCUT2D eigenvalue weighted by Gasteiger charge is 2.31. The van der Waals surface area contributed by atoms with Crippen molar-refractivity contribution in [3.05, 3.63) is 89.2 Å². The van der Waals surface area contributed by atoms with Crippen LogP contribution >= 0.6 is 0 Å². The van der Waals surface area contributed by atoms with E-state index in [2.05, 4.69) is 10.0 Å². The molecule has 11 heteroatoms. The lowest BCUT2D eigenvalue weighted by molar-refractivity contribution is -0.120. The minimum absolute atomic E-state index is 0.0591. The average Bonchev–Trinajstić information content (AvgIpc) is 2.87. The molecule has 1 heterocycles. The fourth-order valence-electron chi connectivity index (χ4n) is 4.39. The topological polar surface area (TPSA) is 113 Å². The van der Waals surface area contributed by atoms with Crippen molar-refractivity contribution in [1.29, 1.82) is 0 Å². The first-order valence-electron chi connectivity index (χ1n) is 12.2. The van der Waals surface area contributed by atoms with E-state index in [4.69, 9.17) is 0 Å². The molecule has 202 valence electrons. The van der Waals surface area contributed by atoms with Gasteiger partial charge in [0.25, 0.3) is 10.0 Å². The number of halogens is 1. The summed E-state index contributed by atoms with van der Waals surface area (Å²) in [7, 11) is -7.52. The first-order chi connectivity index (χ1) is 17.9. The summed E-state index contributed by atoms with van der Waals surface area (Å²) in [6.07, 6.45) is 0.656. The summed E-state index contributed by atoms with van der Waals surface area (Å²) in [4.78, 5) is 12.8. The molecule has 8 nitrogen and oxygen atoms in total. The highest BCUT2D eigenvalue weighted by atomic mass is 32.2. The predicted octanol–water partition coefficient (Wildman–Crippen LogP) is 4.42. The molecule has 1 saturated heterocycles. The van der Waals surface area contributed by atoms with Gasteiger partial charge in [0.15, 0.2) is 0 Å². The Morgan fingerprint density at radius 3 is 2.24 bits per heavy atom. The summed E-state index contributed by atoms with van der Waals surface area (Å²) in [5.41, 5.74) is 2.89. The molecule has 0 saturated carbocycles. The van der Waals surface area contributed by atoms with Gasteiger partial charge >= 0.3 is 0 Å². The van der Waals surface area contributed by atoms with Gasteiger partial charge in [0.2, 0.25) is 15.9 Å². The average molecular weight is 560 g/mol. The van der Waals surface area contributed by atoms with Crippen molar-refractivity contribution in [3.63, 3.8) is 0 Å². The van der Waals surface area contributed by atoms with Gasteiger partial charge in [-0.3, -0.25) is 9.52 Å². The first-order valence-corrected chi connectivity index (χ1v) is 15.3. The fraction of sp³-hybridized carbons (Fsp3) is 0.296. The van der Waals surface area contributed by atoms with Gasteiger partial charge < -0.3 is 5.32 Å². The zero-order valence-electron chi connectivity index (χ0n) is 21.1. The summed E-state index contributed by atoms with van der Waals surface area (Å²) in [6.45, 7) is 4.08. The summed E-state index contributed by atoms with van der Waals surface area (Å²) in [6, 6.07) is 17.1. The smallest absolute Gasteiger partial charge is 0.261 e. The van der Waals surface area contributed by atoms with Gasteiger partial charge in [-0.05, 0) is 68.7 Å². The second kappa shape index (κ2) is 11.2. The van der Waals surface area contributed by atoms with Crippen LogP contribution in [0.4, 0.5) is 15.8 Å². The van der Waals surface area contributed by atoms with Crippen LogP contribution in [0, 0.1) is 25.6 Å². The predicted molar refractivity (Wildman–Crippen MR) is 145 cm³/mol. The summed E-state index contributed by atoms with van der Waals surface area (Å²) < 4.78 is 68.9. The Balaban J connectivity index is 1.33. The molecule has 3 aromatic rings. The number of amides is 1. The summed E-state index contributed by atoms with van der Waals surface area (Å²) >= 11 is 0. The van der Waals surface area contributed by atoms with Crippen molar-refractivity contribution in [2.24, 2.45) is 5.92 Å². The molecule has 1 amide bonds. The van der Waals surface area contributed by atoms with E-state index >= 15 is 0 Å². The number of sulfonamides is 2. The molecule has 0 bridgehead atoms. The molecule has 1 aliphatic heterocycles. The fourth-order valence-corrected chi connectivity index (χ4v) is 7.10. The number of rotatable bonds is 8. The lowest BCUT2D eigenvalue weighted by atomic mass is 9.97. The SMILES string of the molecule is Cc1ccc(NS(=O)(=O)c2ccc(NC(=O)C3CCN(S(=O)(=O)Cc4ccccc4F)CC3)cc2)c(C)c1. The molecule has 3 aromatic carbocycles. The third-order valence-electron chi connectivity index (χ3n) is 6.57. The number of hydrogen-bond acceptors (Lipinski definition) is 5. The third-order valence-corrected chi connectivity index (χ3v) is 9.78. The van der Waals surface area contributed by atoms with Crippen molar-refractivity contribution < 1.29 is 26.0 Å². The summed E-state index contributed by atoms with van der Waals surface area (Å²) in [5.74, 6) is -1.65. The maximum absolute atomic E-state index is 13.9. The van der Waals surface area contributed by atoms with Gasteiger partial charge in [0.05, 0.1) is 16.3 Å². The van der Waals surface area contributed by atoms with Crippen LogP contribution in [0.25, 0.3) is 0 Å². The zero-order chi connectivity index (χ0) is 27.5. The van der Waals surface area contributed by atoms with Crippen LogP contribution in [0.2, 0.25) is 0 Å². The molecule has 0 aromatic heterocycles. The van der Waals surface area contributed by atoms with Crippen molar-refractivity contribution >= 4 is 37.3 Å². The molecule has 38 heavy (non-hydrogen) atoms. The van der Waals surface area contributed by atoms with Crippen LogP contribution in [0.15, 0.2) is 71.6 Å². The normalized spacial score (nSPS) is 15.2. The number of benzene rings is 3. The second-order valence-corrected chi connectivity index (χ2v) is 13.1. The van der Waals surface area contributed by atoms with Gasteiger partial charge in [-0.25, -0.2) is 25.5 Å². The maximum Gasteiger partial charge on any atom is 0.261 e. The highest BCUT2D eigenvalue weighted by molar-refractivity contribution is 7.92. The van der Waals surface area contributed by atoms with Gasteiger partial charge in [0.1, 0.15) is 5.82 Å². The lowest BCUT2D eigenvalue weighted by Gasteiger charge is -2.30. The number of nitrogens with zero attached hydrogens (tertiary/aromatic N) is 1. The van der Waals surface area contributed by atoms with Crippen molar-refractivity contribution in [3.8, 4) is 0 Å². The Bertz CT molecular complexity index is 1530. The largest absolute Gasteiger partial charge is 0.326 e. The minimum Gasteiger partial charge on any atom is -0.326 e. The Labute approximate surface area is 223 Å². The van der Waals surface area contributed by atoms with Gasteiger partial charge in [-0.1, -0.05) is 35.9 Å². The van der Waals surface area contributed by atoms with Gasteiger partial charge in [0, 0.05) is 30.3 Å². The number of piperidine rings is 1. The monoisotopic (exact) mass is 559 g/mol. The molecule has 2 N–H and O–H groups in total. The van der Waals surface area contributed by atoms with Crippen LogP contribution in [0.1, 0.15) is 29.5 Å². The van der Waals surface area contributed by atoms with Crippen LogP contribution in [-0.4, -0.2) is 40.1 Å². The van der Waals surface area contributed by atoms with Crippen molar-refractivity contribution in [2.75, 3.05) is 23.1 Å². The molecule has 0 radical (unpaired) electrons. The number of carbonyl (C=O) groups is 1. The van der Waals surface area contributed by atoms with E-state index in [9.17, 15) is 26.0 Å². The van der Waals surface area contributed by atoms with Gasteiger partial charge in [-0.15, -0.1) is 0 Å². The van der Waals surface area contributed by atoms with E-state index in [-0.39, 0.29) is 29.5 Å². The van der Waals surface area contributed by atoms with Crippen molar-refractivity contribution in [1.82, 2.24) is 4.31 Å². The highest BCUT2D eigenvalue weighted by Crippen LogP contribution is 2.25. The molecular formula is C27H30FN3O5S2. The molecule has 0 aliphatic carbocycles. The van der Waals surface area contributed by atoms with Crippen LogP contribution in [0.3, 0.4) is 0 Å². The Hall–Kier alpha value is -3.28. The van der Waals surface area contributed by atoms with E-state index in [1.807, 2.05) is 26.0 Å². The minimum atomic E-state index is -3.81. The van der Waals surface area contributed by atoms with Crippen LogP contribution in [0.5, 0.6) is 0 Å². The van der Waals surface area contributed by atoms with E-state index in [1.54, 1.807) is 12.1 Å². The van der Waals surface area contributed by atoms with Gasteiger partial charge in [-0.2, -0.15) is 0 Å². The molecule has 1 aliphatic rings. The first kappa shape index (κ1) is 27.7. The number of nitrogens with one attached hydrogen (secondary N) is 2. The Kier molecular flexibility index (Phi) is 8.19. The molecule has 0 spiro atoms. The standard InChI is InChI=1S/C27H30FN3O5S2/c1-19-7-12-26(20(2)17-19)30-38(35,36)24-10-8-23(9-11-24)29-27(32)21-13-15-31(16-14-21)37(33,34)18-22-5-3-4-6-25(22)28/h3-12,17,21,30H,13-16,18H2,1-2H3,(H,29,32). The number of aryl methyl sites for hydroxylation is 2. The van der Waals surface area contributed by atoms with Crippen LogP contribution in [-0.2, 0) is 30.6 Å². The third kappa shape index (κ3) is 6.58. The quantitative estimate of drug-likeness (QED) is 0.424. The van der Waals surface area contributed by atoms with E-state index in [1.165, 1.54) is 46.8 Å². The van der Waals surface area contributed by atoms with Crippen molar-refractivity contribution in [2.45, 2.75) is 37.3 Å². The number of hydrogen-bond donors (Lipinski definition) is 2. The maximum atomic E-state index is 13.9.